The molecule has 1 aliphatic rings. The van der Waals surface area contributed by atoms with Crippen LogP contribution in [0, 0.1) is 5.92 Å². The van der Waals surface area contributed by atoms with E-state index in [2.05, 4.69) is 4.74 Å². The summed E-state index contributed by atoms with van der Waals surface area (Å²) < 4.78 is 10.0. The Kier molecular flexibility index (Phi) is 4.34. The zero-order valence-electron chi connectivity index (χ0n) is 12.2. The molecule has 0 bridgehead atoms. The average molecular weight is 316 g/mol. The first-order chi connectivity index (χ1) is 10.7. The number of carbonyl (C=O) groups excluding carboxylic acids is 2. The first kappa shape index (κ1) is 14.9. The Morgan fingerprint density at radius 2 is 1.91 bits per heavy atom. The fraction of sp³-hybridized carbons (Fsp3) is 0.294. The maximum atomic E-state index is 11.9. The van der Waals surface area contributed by atoms with Crippen molar-refractivity contribution in [3.05, 3.63) is 53.5 Å². The largest absolute Gasteiger partial charge is 0.463 e. The minimum Gasteiger partial charge on any atom is -0.463 e. The van der Waals surface area contributed by atoms with Crippen molar-refractivity contribution in [2.75, 3.05) is 7.11 Å². The summed E-state index contributed by atoms with van der Waals surface area (Å²) in [4.78, 5) is 24.3. The number of furan rings is 1. The normalized spacial score (nSPS) is 13.9. The second-order valence-corrected chi connectivity index (χ2v) is 6.26. The van der Waals surface area contributed by atoms with Crippen molar-refractivity contribution < 1.29 is 18.7 Å². The highest BCUT2D eigenvalue weighted by Crippen LogP contribution is 2.33. The Bertz CT molecular complexity index is 683. The van der Waals surface area contributed by atoms with Crippen LogP contribution >= 0.6 is 11.8 Å². The van der Waals surface area contributed by atoms with Crippen LogP contribution in [0.2, 0.25) is 0 Å². The minimum absolute atomic E-state index is 0.212. The molecule has 0 atom stereocenters. The van der Waals surface area contributed by atoms with Gasteiger partial charge in [-0.05, 0) is 37.1 Å². The molecule has 0 unspecified atom stereocenters. The molecule has 1 saturated carbocycles. The number of benzene rings is 1. The summed E-state index contributed by atoms with van der Waals surface area (Å²) in [6.45, 7) is 0. The van der Waals surface area contributed by atoms with Gasteiger partial charge in [-0.1, -0.05) is 12.1 Å². The van der Waals surface area contributed by atoms with Crippen molar-refractivity contribution >= 4 is 23.5 Å². The topological polar surface area (TPSA) is 56.5 Å². The van der Waals surface area contributed by atoms with Crippen molar-refractivity contribution in [1.29, 1.82) is 0 Å². The molecule has 1 fully saturated rings. The van der Waals surface area contributed by atoms with Gasteiger partial charge in [0.1, 0.15) is 5.76 Å². The molecule has 1 aliphatic carbocycles. The second-order valence-electron chi connectivity index (χ2n) is 5.21. The lowest BCUT2D eigenvalue weighted by Gasteiger charge is -2.02. The van der Waals surface area contributed by atoms with E-state index in [-0.39, 0.29) is 17.5 Å². The number of carbonyl (C=O) groups is 2. The van der Waals surface area contributed by atoms with Crippen LogP contribution in [0.15, 0.2) is 45.7 Å². The van der Waals surface area contributed by atoms with E-state index in [1.54, 1.807) is 23.9 Å². The first-order valence-electron chi connectivity index (χ1n) is 7.11. The Labute approximate surface area is 132 Å². The number of ketones is 1. The molecule has 0 amide bonds. The molecule has 1 aromatic heterocycles. The summed E-state index contributed by atoms with van der Waals surface area (Å²) in [6.07, 6.45) is 2.05. The Morgan fingerprint density at radius 3 is 2.55 bits per heavy atom. The van der Waals surface area contributed by atoms with Gasteiger partial charge in [0, 0.05) is 16.4 Å². The highest BCUT2D eigenvalue weighted by molar-refractivity contribution is 7.98. The molecule has 0 spiro atoms. The molecule has 2 aromatic rings. The van der Waals surface area contributed by atoms with Crippen molar-refractivity contribution in [2.24, 2.45) is 5.92 Å². The SMILES string of the molecule is COC(=O)c1ccc(CSc2ccc(C(=O)C3CC3)cc2)o1. The molecule has 1 aromatic carbocycles. The highest BCUT2D eigenvalue weighted by atomic mass is 32.2. The number of rotatable bonds is 6. The smallest absolute Gasteiger partial charge is 0.373 e. The van der Waals surface area contributed by atoms with Gasteiger partial charge in [0.15, 0.2) is 5.78 Å². The lowest BCUT2D eigenvalue weighted by atomic mass is 10.1. The van der Waals surface area contributed by atoms with Crippen LogP contribution in [-0.4, -0.2) is 18.9 Å². The van der Waals surface area contributed by atoms with E-state index in [1.807, 2.05) is 24.3 Å². The molecule has 22 heavy (non-hydrogen) atoms. The van der Waals surface area contributed by atoms with Gasteiger partial charge in [0.05, 0.1) is 12.9 Å². The molecule has 0 saturated heterocycles. The lowest BCUT2D eigenvalue weighted by molar-refractivity contribution is 0.0563. The number of Topliss-reactive ketones (excluding diaryl/α,β-unsaturated/α-hetero) is 1. The van der Waals surface area contributed by atoms with Crippen LogP contribution in [-0.2, 0) is 10.5 Å². The Hall–Kier alpha value is -2.01. The molecule has 114 valence electrons. The van der Waals surface area contributed by atoms with Crippen LogP contribution in [0.3, 0.4) is 0 Å². The number of thioether (sulfide) groups is 1. The summed E-state index contributed by atoms with van der Waals surface area (Å²) in [5.74, 6) is 1.57. The zero-order chi connectivity index (χ0) is 15.5. The van der Waals surface area contributed by atoms with E-state index in [4.69, 9.17) is 4.42 Å². The average Bonchev–Trinajstić information content (AvgIpc) is 3.30. The van der Waals surface area contributed by atoms with Crippen LogP contribution in [0.1, 0.15) is 39.5 Å². The maximum Gasteiger partial charge on any atom is 0.373 e. The van der Waals surface area contributed by atoms with Gasteiger partial charge in [-0.25, -0.2) is 4.79 Å². The molecule has 0 aliphatic heterocycles. The number of hydrogen-bond acceptors (Lipinski definition) is 5. The van der Waals surface area contributed by atoms with E-state index in [1.165, 1.54) is 7.11 Å². The molecule has 5 heteroatoms. The van der Waals surface area contributed by atoms with E-state index >= 15 is 0 Å². The van der Waals surface area contributed by atoms with E-state index in [0.717, 1.165) is 23.3 Å². The van der Waals surface area contributed by atoms with Gasteiger partial charge >= 0.3 is 5.97 Å². The van der Waals surface area contributed by atoms with Gasteiger partial charge in [-0.2, -0.15) is 0 Å². The highest BCUT2D eigenvalue weighted by Gasteiger charge is 2.30. The van der Waals surface area contributed by atoms with Gasteiger partial charge in [-0.15, -0.1) is 11.8 Å². The number of methoxy groups -OCH3 is 1. The first-order valence-corrected chi connectivity index (χ1v) is 8.10. The molecule has 1 heterocycles. The molecule has 0 N–H and O–H groups in total. The van der Waals surface area contributed by atoms with Crippen LogP contribution in [0.4, 0.5) is 0 Å². The Balaban J connectivity index is 1.58. The number of ether oxygens (including phenoxy) is 1. The fourth-order valence-corrected chi connectivity index (χ4v) is 2.91. The number of esters is 1. The Morgan fingerprint density at radius 1 is 1.18 bits per heavy atom. The fourth-order valence-electron chi connectivity index (χ4n) is 2.12. The summed E-state index contributed by atoms with van der Waals surface area (Å²) in [5.41, 5.74) is 0.790. The molecule has 4 nitrogen and oxygen atoms in total. The van der Waals surface area contributed by atoms with Crippen LogP contribution in [0.5, 0.6) is 0 Å². The van der Waals surface area contributed by atoms with Crippen molar-refractivity contribution in [1.82, 2.24) is 0 Å². The molecular weight excluding hydrogens is 300 g/mol. The van der Waals surface area contributed by atoms with Crippen molar-refractivity contribution in [3.8, 4) is 0 Å². The van der Waals surface area contributed by atoms with Crippen LogP contribution < -0.4 is 0 Å². The number of hydrogen-bond donors (Lipinski definition) is 0. The lowest BCUT2D eigenvalue weighted by Crippen LogP contribution is -2.00. The van der Waals surface area contributed by atoms with Crippen molar-refractivity contribution in [3.63, 3.8) is 0 Å². The summed E-state index contributed by atoms with van der Waals surface area (Å²) in [6, 6.07) is 11.0. The maximum absolute atomic E-state index is 11.9. The predicted molar refractivity (Wildman–Crippen MR) is 83.1 cm³/mol. The summed E-state index contributed by atoms with van der Waals surface area (Å²) >= 11 is 1.59. The zero-order valence-corrected chi connectivity index (χ0v) is 13.0. The van der Waals surface area contributed by atoms with Crippen molar-refractivity contribution in [2.45, 2.75) is 23.5 Å². The van der Waals surface area contributed by atoms with Gasteiger partial charge in [0.2, 0.25) is 5.76 Å². The van der Waals surface area contributed by atoms with E-state index in [9.17, 15) is 9.59 Å². The third-order valence-electron chi connectivity index (χ3n) is 3.52. The minimum atomic E-state index is -0.473. The standard InChI is InChI=1S/C17H16O4S/c1-20-17(19)15-9-6-13(21-15)10-22-14-7-4-12(5-8-14)16(18)11-2-3-11/h4-9,11H,2-3,10H2,1H3. The van der Waals surface area contributed by atoms with Crippen LogP contribution in [0.25, 0.3) is 0 Å². The third-order valence-corrected chi connectivity index (χ3v) is 4.55. The molecule has 3 rings (SSSR count). The monoisotopic (exact) mass is 316 g/mol. The van der Waals surface area contributed by atoms with E-state index in [0.29, 0.717) is 11.5 Å². The molecule has 0 radical (unpaired) electrons. The quantitative estimate of drug-likeness (QED) is 0.459. The predicted octanol–water partition coefficient (Wildman–Crippen LogP) is 3.95. The summed E-state index contributed by atoms with van der Waals surface area (Å²) in [5, 5.41) is 0. The second kappa shape index (κ2) is 6.40. The van der Waals surface area contributed by atoms with Gasteiger partial charge in [0.25, 0.3) is 0 Å². The van der Waals surface area contributed by atoms with Gasteiger partial charge < -0.3 is 9.15 Å². The third kappa shape index (κ3) is 3.42. The van der Waals surface area contributed by atoms with Gasteiger partial charge in [-0.3, -0.25) is 4.79 Å². The summed E-state index contributed by atoms with van der Waals surface area (Å²) in [7, 11) is 1.32. The molecular formula is C17H16O4S. The van der Waals surface area contributed by atoms with E-state index < -0.39 is 5.97 Å².